The highest BCUT2D eigenvalue weighted by molar-refractivity contribution is 9.10. The van der Waals surface area contributed by atoms with Crippen LogP contribution in [0.2, 0.25) is 0 Å². The van der Waals surface area contributed by atoms with Crippen LogP contribution >= 0.6 is 15.9 Å². The molecule has 4 heteroatoms. The molecule has 0 saturated heterocycles. The van der Waals surface area contributed by atoms with E-state index in [0.717, 1.165) is 29.9 Å². The summed E-state index contributed by atoms with van der Waals surface area (Å²) in [4.78, 5) is 6.61. The summed E-state index contributed by atoms with van der Waals surface area (Å²) in [5.74, 6) is 1.06. The first kappa shape index (κ1) is 13.5. The van der Waals surface area contributed by atoms with E-state index in [1.807, 2.05) is 6.20 Å². The predicted molar refractivity (Wildman–Crippen MR) is 73.1 cm³/mol. The Balaban J connectivity index is 2.49. The number of hydrogen-bond donors (Lipinski definition) is 1. The molecule has 1 rings (SSSR count). The van der Waals surface area contributed by atoms with Crippen LogP contribution in [0.3, 0.4) is 0 Å². The molecule has 0 amide bonds. The number of halogens is 1. The lowest BCUT2D eigenvalue weighted by molar-refractivity contribution is 0.663. The number of aryl methyl sites for hydroxylation is 1. The van der Waals surface area contributed by atoms with E-state index >= 15 is 0 Å². The Bertz CT molecular complexity index is 328. The Kier molecular flexibility index (Phi) is 5.77. The zero-order chi connectivity index (χ0) is 12.0. The summed E-state index contributed by atoms with van der Waals surface area (Å²) in [7, 11) is 2.08. The topological polar surface area (TPSA) is 28.2 Å². The van der Waals surface area contributed by atoms with E-state index in [0.29, 0.717) is 0 Å². The molecule has 0 radical (unpaired) electrons. The average Bonchev–Trinajstić information content (AvgIpc) is 2.24. The molecule has 1 aromatic rings. The number of nitrogens with zero attached hydrogens (tertiary/aromatic N) is 2. The van der Waals surface area contributed by atoms with E-state index in [1.165, 1.54) is 12.0 Å². The number of pyridine rings is 1. The number of nitrogens with one attached hydrogen (secondary N) is 1. The number of hydrogen-bond acceptors (Lipinski definition) is 3. The minimum absolute atomic E-state index is 0.982. The quantitative estimate of drug-likeness (QED) is 0.815. The second-order valence-corrected chi connectivity index (χ2v) is 4.88. The second-order valence-electron chi connectivity index (χ2n) is 3.97. The molecule has 1 N–H and O–H groups in total. The van der Waals surface area contributed by atoms with Gasteiger partial charge in [0.25, 0.3) is 0 Å². The van der Waals surface area contributed by atoms with Gasteiger partial charge in [0.05, 0.1) is 0 Å². The first-order valence-corrected chi connectivity index (χ1v) is 6.48. The van der Waals surface area contributed by atoms with Crippen LogP contribution in [0.1, 0.15) is 18.9 Å². The van der Waals surface area contributed by atoms with E-state index in [4.69, 9.17) is 0 Å². The van der Waals surface area contributed by atoms with E-state index in [-0.39, 0.29) is 0 Å². The van der Waals surface area contributed by atoms with Gasteiger partial charge in [0.2, 0.25) is 0 Å². The zero-order valence-corrected chi connectivity index (χ0v) is 11.8. The molecule has 3 nitrogen and oxygen atoms in total. The summed E-state index contributed by atoms with van der Waals surface area (Å²) in [6.45, 7) is 7.33. The smallest absolute Gasteiger partial charge is 0.131 e. The summed E-state index contributed by atoms with van der Waals surface area (Å²) >= 11 is 3.43. The maximum absolute atomic E-state index is 4.43. The van der Waals surface area contributed by atoms with Crippen LogP contribution in [0.25, 0.3) is 0 Å². The van der Waals surface area contributed by atoms with Gasteiger partial charge in [-0.2, -0.15) is 0 Å². The van der Waals surface area contributed by atoms with Crippen molar-refractivity contribution in [2.75, 3.05) is 31.6 Å². The molecule has 16 heavy (non-hydrogen) atoms. The summed E-state index contributed by atoms with van der Waals surface area (Å²) in [5.41, 5.74) is 1.20. The van der Waals surface area contributed by atoms with Crippen molar-refractivity contribution in [3.05, 3.63) is 22.3 Å². The number of aromatic nitrogens is 1. The van der Waals surface area contributed by atoms with E-state index < -0.39 is 0 Å². The lowest BCUT2D eigenvalue weighted by Gasteiger charge is -2.20. The fourth-order valence-electron chi connectivity index (χ4n) is 1.59. The van der Waals surface area contributed by atoms with Crippen LogP contribution < -0.4 is 10.2 Å². The molecule has 0 saturated carbocycles. The molecule has 0 bridgehead atoms. The normalized spacial score (nSPS) is 10.5. The first-order chi connectivity index (χ1) is 7.65. The third-order valence-corrected chi connectivity index (χ3v) is 2.86. The third kappa shape index (κ3) is 4.10. The van der Waals surface area contributed by atoms with Crippen molar-refractivity contribution < 1.29 is 0 Å². The number of rotatable bonds is 6. The predicted octanol–water partition coefficient (Wildman–Crippen LogP) is 2.59. The van der Waals surface area contributed by atoms with Crippen molar-refractivity contribution in [2.24, 2.45) is 0 Å². The van der Waals surface area contributed by atoms with Crippen molar-refractivity contribution >= 4 is 21.7 Å². The molecule has 0 atom stereocenters. The van der Waals surface area contributed by atoms with Crippen LogP contribution in [0.4, 0.5) is 5.82 Å². The molecule has 1 heterocycles. The maximum atomic E-state index is 4.43. The molecule has 0 fully saturated rings. The van der Waals surface area contributed by atoms with Gasteiger partial charge in [-0.05, 0) is 47.4 Å². The monoisotopic (exact) mass is 285 g/mol. The number of anilines is 1. The Morgan fingerprint density at radius 2 is 2.19 bits per heavy atom. The van der Waals surface area contributed by atoms with Gasteiger partial charge >= 0.3 is 0 Å². The minimum Gasteiger partial charge on any atom is -0.358 e. The number of likely N-dealkylation sites (N-methyl/N-ethyl adjacent to an activating group) is 1. The zero-order valence-electron chi connectivity index (χ0n) is 10.3. The van der Waals surface area contributed by atoms with Crippen molar-refractivity contribution in [1.82, 2.24) is 10.3 Å². The molecule has 0 aliphatic carbocycles. The van der Waals surface area contributed by atoms with Gasteiger partial charge in [-0.3, -0.25) is 0 Å². The Labute approximate surface area is 106 Å². The average molecular weight is 286 g/mol. The van der Waals surface area contributed by atoms with Crippen LogP contribution in [0.15, 0.2) is 16.7 Å². The Morgan fingerprint density at radius 3 is 2.81 bits per heavy atom. The standard InChI is InChI=1S/C12H20BrN3/c1-4-5-14-6-7-16(3)12-10(2)8-11(13)9-15-12/h8-9,14H,4-7H2,1-3H3. The van der Waals surface area contributed by atoms with Gasteiger partial charge in [-0.25, -0.2) is 4.98 Å². The Hall–Kier alpha value is -0.610. The van der Waals surface area contributed by atoms with Crippen molar-refractivity contribution in [3.63, 3.8) is 0 Å². The van der Waals surface area contributed by atoms with Gasteiger partial charge in [-0.15, -0.1) is 0 Å². The van der Waals surface area contributed by atoms with Gasteiger partial charge in [0.1, 0.15) is 5.82 Å². The van der Waals surface area contributed by atoms with Crippen LogP contribution in [-0.4, -0.2) is 31.7 Å². The molecule has 0 aliphatic heterocycles. The first-order valence-electron chi connectivity index (χ1n) is 5.69. The molecule has 0 aromatic carbocycles. The molecule has 0 aliphatic rings. The van der Waals surface area contributed by atoms with Gasteiger partial charge in [-0.1, -0.05) is 6.92 Å². The highest BCUT2D eigenvalue weighted by atomic mass is 79.9. The Morgan fingerprint density at radius 1 is 1.44 bits per heavy atom. The lowest BCUT2D eigenvalue weighted by atomic mass is 10.3. The molecular formula is C12H20BrN3. The maximum Gasteiger partial charge on any atom is 0.131 e. The summed E-state index contributed by atoms with van der Waals surface area (Å²) in [5, 5.41) is 3.39. The molecule has 0 unspecified atom stereocenters. The summed E-state index contributed by atoms with van der Waals surface area (Å²) in [6, 6.07) is 2.10. The van der Waals surface area contributed by atoms with Crippen LogP contribution in [0.5, 0.6) is 0 Å². The molecule has 1 aromatic heterocycles. The third-order valence-electron chi connectivity index (χ3n) is 2.43. The second kappa shape index (κ2) is 6.86. The van der Waals surface area contributed by atoms with E-state index in [2.05, 4.69) is 58.1 Å². The highest BCUT2D eigenvalue weighted by Crippen LogP contribution is 2.19. The van der Waals surface area contributed by atoms with Crippen molar-refractivity contribution in [3.8, 4) is 0 Å². The van der Waals surface area contributed by atoms with Gasteiger partial charge in [0, 0.05) is 30.8 Å². The van der Waals surface area contributed by atoms with Gasteiger partial charge in [0.15, 0.2) is 0 Å². The van der Waals surface area contributed by atoms with E-state index in [1.54, 1.807) is 0 Å². The summed E-state index contributed by atoms with van der Waals surface area (Å²) < 4.78 is 1.03. The SMILES string of the molecule is CCCNCCN(C)c1ncc(Br)cc1C. The lowest BCUT2D eigenvalue weighted by Crippen LogP contribution is -2.30. The molecule has 90 valence electrons. The van der Waals surface area contributed by atoms with Crippen molar-refractivity contribution in [1.29, 1.82) is 0 Å². The molecule has 0 spiro atoms. The summed E-state index contributed by atoms with van der Waals surface area (Å²) in [6.07, 6.45) is 3.03. The van der Waals surface area contributed by atoms with Gasteiger partial charge < -0.3 is 10.2 Å². The fraction of sp³-hybridized carbons (Fsp3) is 0.583. The van der Waals surface area contributed by atoms with E-state index in [9.17, 15) is 0 Å². The van der Waals surface area contributed by atoms with Crippen LogP contribution in [-0.2, 0) is 0 Å². The fourth-order valence-corrected chi connectivity index (χ4v) is 2.03. The van der Waals surface area contributed by atoms with Crippen molar-refractivity contribution in [2.45, 2.75) is 20.3 Å². The van der Waals surface area contributed by atoms with Crippen LogP contribution in [0, 0.1) is 6.92 Å². The minimum atomic E-state index is 0.982. The molecular weight excluding hydrogens is 266 g/mol. The highest BCUT2D eigenvalue weighted by Gasteiger charge is 2.05. The largest absolute Gasteiger partial charge is 0.358 e.